The molecule has 0 unspecified atom stereocenters. The summed E-state index contributed by atoms with van der Waals surface area (Å²) in [6, 6.07) is 0. The first-order valence-electron chi connectivity index (χ1n) is 7.24. The molecule has 0 aromatic carbocycles. The molecule has 20 heavy (non-hydrogen) atoms. The first kappa shape index (κ1) is 15.0. The summed E-state index contributed by atoms with van der Waals surface area (Å²) in [6.45, 7) is 5.39. The third kappa shape index (κ3) is 3.80. The maximum atomic E-state index is 12.0. The molecule has 1 aromatic rings. The van der Waals surface area contributed by atoms with Crippen LogP contribution in [0, 0.1) is 6.92 Å². The van der Waals surface area contributed by atoms with Gasteiger partial charge in [-0.25, -0.2) is 4.98 Å². The lowest BCUT2D eigenvalue weighted by atomic mass is 10.1. The van der Waals surface area contributed by atoms with Crippen molar-refractivity contribution in [2.24, 2.45) is 7.05 Å². The number of carbonyl (C=O) groups excluding carboxylic acids is 1. The summed E-state index contributed by atoms with van der Waals surface area (Å²) >= 11 is 0. The smallest absolute Gasteiger partial charge is 0.269 e. The zero-order valence-corrected chi connectivity index (χ0v) is 12.3. The van der Waals surface area contributed by atoms with Crippen LogP contribution < -0.4 is 5.32 Å². The van der Waals surface area contributed by atoms with Crippen LogP contribution >= 0.6 is 0 Å². The van der Waals surface area contributed by atoms with Crippen LogP contribution in [0.3, 0.4) is 0 Å². The molecule has 0 radical (unpaired) electrons. The Morgan fingerprint density at radius 2 is 2.20 bits per heavy atom. The fourth-order valence-electron chi connectivity index (χ4n) is 2.60. The van der Waals surface area contributed by atoms with Gasteiger partial charge in [0.2, 0.25) is 0 Å². The second-order valence-electron chi connectivity index (χ2n) is 5.47. The van der Waals surface area contributed by atoms with E-state index in [4.69, 9.17) is 0 Å². The normalized spacial score (nSPS) is 17.4. The quantitative estimate of drug-likeness (QED) is 0.761. The molecule has 0 atom stereocenters. The van der Waals surface area contributed by atoms with Crippen molar-refractivity contribution < 1.29 is 9.90 Å². The highest BCUT2D eigenvalue weighted by molar-refractivity contribution is 5.93. The number of aryl methyl sites for hydroxylation is 2. The number of hydrogen-bond acceptors (Lipinski definition) is 4. The Kier molecular flexibility index (Phi) is 5.14. The number of piperidine rings is 1. The zero-order chi connectivity index (χ0) is 14.5. The number of hydrogen-bond donors (Lipinski definition) is 2. The highest BCUT2D eigenvalue weighted by Gasteiger charge is 2.17. The molecule has 1 saturated heterocycles. The molecule has 6 nitrogen and oxygen atoms in total. The second kappa shape index (κ2) is 6.85. The summed E-state index contributed by atoms with van der Waals surface area (Å²) in [7, 11) is 1.83. The van der Waals surface area contributed by atoms with E-state index < -0.39 is 0 Å². The maximum Gasteiger partial charge on any atom is 0.269 e. The van der Waals surface area contributed by atoms with Gasteiger partial charge in [-0.15, -0.1) is 0 Å². The van der Waals surface area contributed by atoms with Crippen LogP contribution in [0.5, 0.6) is 0 Å². The van der Waals surface area contributed by atoms with Crippen LogP contribution in [0.4, 0.5) is 0 Å². The average Bonchev–Trinajstić information content (AvgIpc) is 2.76. The van der Waals surface area contributed by atoms with E-state index in [9.17, 15) is 9.90 Å². The Hall–Kier alpha value is -1.40. The third-order valence-corrected chi connectivity index (χ3v) is 3.83. The minimum absolute atomic E-state index is 0.0587. The summed E-state index contributed by atoms with van der Waals surface area (Å²) < 4.78 is 1.75. The van der Waals surface area contributed by atoms with Crippen LogP contribution in [-0.2, 0) is 7.05 Å². The van der Waals surface area contributed by atoms with Gasteiger partial charge < -0.3 is 19.9 Å². The number of likely N-dealkylation sites (tertiary alicyclic amines) is 1. The molecule has 1 aliphatic heterocycles. The standard InChI is InChI=1S/C14H24N4O2/c1-11-13(17(2)10-16-11)14(20)15-6-3-7-18-8-4-12(19)5-9-18/h10,12,19H,3-9H2,1-2H3,(H,15,20). The Morgan fingerprint density at radius 3 is 2.80 bits per heavy atom. The number of aliphatic hydroxyl groups is 1. The molecule has 2 heterocycles. The predicted molar refractivity (Wildman–Crippen MR) is 76.6 cm³/mol. The van der Waals surface area contributed by atoms with Gasteiger partial charge in [0.05, 0.1) is 18.1 Å². The first-order valence-corrected chi connectivity index (χ1v) is 7.24. The van der Waals surface area contributed by atoms with E-state index in [0.717, 1.165) is 44.6 Å². The van der Waals surface area contributed by atoms with Crippen LogP contribution in [0.15, 0.2) is 6.33 Å². The summed E-state index contributed by atoms with van der Waals surface area (Å²) in [4.78, 5) is 18.5. The number of nitrogens with zero attached hydrogens (tertiary/aromatic N) is 3. The largest absolute Gasteiger partial charge is 0.393 e. The van der Waals surface area contributed by atoms with E-state index in [1.54, 1.807) is 10.9 Å². The predicted octanol–water partition coefficient (Wildman–Crippen LogP) is 0.305. The van der Waals surface area contributed by atoms with Crippen LogP contribution in [-0.4, -0.2) is 57.7 Å². The average molecular weight is 280 g/mol. The highest BCUT2D eigenvalue weighted by atomic mass is 16.3. The molecule has 1 amide bonds. The third-order valence-electron chi connectivity index (χ3n) is 3.83. The molecular weight excluding hydrogens is 256 g/mol. The first-order chi connectivity index (χ1) is 9.58. The molecule has 2 rings (SSSR count). The number of aliphatic hydroxyl groups excluding tert-OH is 1. The van der Waals surface area contributed by atoms with Crippen molar-refractivity contribution in [2.45, 2.75) is 32.3 Å². The van der Waals surface area contributed by atoms with E-state index in [2.05, 4.69) is 15.2 Å². The number of amides is 1. The lowest BCUT2D eigenvalue weighted by Crippen LogP contribution is -2.37. The van der Waals surface area contributed by atoms with Gasteiger partial charge in [-0.3, -0.25) is 4.79 Å². The molecule has 0 saturated carbocycles. The zero-order valence-electron chi connectivity index (χ0n) is 12.3. The summed E-state index contributed by atoms with van der Waals surface area (Å²) in [5.41, 5.74) is 1.39. The Labute approximate surface area is 119 Å². The van der Waals surface area contributed by atoms with Gasteiger partial charge >= 0.3 is 0 Å². The molecule has 0 spiro atoms. The number of rotatable bonds is 5. The molecule has 1 aliphatic rings. The molecule has 112 valence electrons. The Morgan fingerprint density at radius 1 is 1.50 bits per heavy atom. The molecular formula is C14H24N4O2. The van der Waals surface area contributed by atoms with Gasteiger partial charge in [0.15, 0.2) is 0 Å². The Bertz CT molecular complexity index is 431. The number of imidazole rings is 1. The molecule has 0 aliphatic carbocycles. The van der Waals surface area contributed by atoms with Crippen molar-refractivity contribution in [1.82, 2.24) is 19.8 Å². The van der Waals surface area contributed by atoms with E-state index in [-0.39, 0.29) is 12.0 Å². The van der Waals surface area contributed by atoms with Gasteiger partial charge in [0, 0.05) is 26.7 Å². The Balaban J connectivity index is 1.67. The van der Waals surface area contributed by atoms with Gasteiger partial charge in [-0.1, -0.05) is 0 Å². The number of nitrogens with one attached hydrogen (secondary N) is 1. The minimum atomic E-state index is -0.126. The van der Waals surface area contributed by atoms with E-state index >= 15 is 0 Å². The van der Waals surface area contributed by atoms with Gasteiger partial charge in [-0.2, -0.15) is 0 Å². The van der Waals surface area contributed by atoms with E-state index in [1.165, 1.54) is 0 Å². The fourth-order valence-corrected chi connectivity index (χ4v) is 2.60. The summed E-state index contributed by atoms with van der Waals surface area (Å²) in [6.07, 6.45) is 4.18. The van der Waals surface area contributed by atoms with Crippen molar-refractivity contribution in [3.05, 3.63) is 17.7 Å². The number of carbonyl (C=O) groups is 1. The summed E-state index contributed by atoms with van der Waals surface area (Å²) in [5, 5.41) is 12.4. The van der Waals surface area contributed by atoms with Gasteiger partial charge in [-0.05, 0) is 32.7 Å². The van der Waals surface area contributed by atoms with Crippen LogP contribution in [0.25, 0.3) is 0 Å². The molecule has 1 aromatic heterocycles. The lowest BCUT2D eigenvalue weighted by molar-refractivity contribution is 0.0816. The van der Waals surface area contributed by atoms with Crippen molar-refractivity contribution in [2.75, 3.05) is 26.2 Å². The minimum Gasteiger partial charge on any atom is -0.393 e. The summed E-state index contributed by atoms with van der Waals surface area (Å²) in [5.74, 6) is -0.0587. The molecule has 1 fully saturated rings. The van der Waals surface area contributed by atoms with Gasteiger partial charge in [0.25, 0.3) is 5.91 Å². The topological polar surface area (TPSA) is 70.4 Å². The lowest BCUT2D eigenvalue weighted by Gasteiger charge is -2.29. The fraction of sp³-hybridized carbons (Fsp3) is 0.714. The van der Waals surface area contributed by atoms with Crippen molar-refractivity contribution in [3.8, 4) is 0 Å². The monoisotopic (exact) mass is 280 g/mol. The SMILES string of the molecule is Cc1ncn(C)c1C(=O)NCCCN1CCC(O)CC1. The van der Waals surface area contributed by atoms with E-state index in [1.807, 2.05) is 14.0 Å². The van der Waals surface area contributed by atoms with Crippen molar-refractivity contribution >= 4 is 5.91 Å². The number of aromatic nitrogens is 2. The van der Waals surface area contributed by atoms with Crippen LogP contribution in [0.2, 0.25) is 0 Å². The second-order valence-corrected chi connectivity index (χ2v) is 5.47. The van der Waals surface area contributed by atoms with Crippen molar-refractivity contribution in [3.63, 3.8) is 0 Å². The molecule has 0 bridgehead atoms. The van der Waals surface area contributed by atoms with Crippen LogP contribution in [0.1, 0.15) is 35.4 Å². The van der Waals surface area contributed by atoms with E-state index in [0.29, 0.717) is 12.2 Å². The highest BCUT2D eigenvalue weighted by Crippen LogP contribution is 2.09. The maximum absolute atomic E-state index is 12.0. The van der Waals surface area contributed by atoms with Crippen molar-refractivity contribution in [1.29, 1.82) is 0 Å². The van der Waals surface area contributed by atoms with Gasteiger partial charge in [0.1, 0.15) is 5.69 Å². The molecule has 6 heteroatoms. The molecule has 2 N–H and O–H groups in total.